The lowest BCUT2D eigenvalue weighted by Gasteiger charge is -2.05. The predicted octanol–water partition coefficient (Wildman–Crippen LogP) is 4.65. The van der Waals surface area contributed by atoms with E-state index in [2.05, 4.69) is 25.3 Å². The maximum Gasteiger partial charge on any atom is 0.283 e. The van der Waals surface area contributed by atoms with E-state index in [0.717, 1.165) is 21.8 Å². The molecule has 0 fully saturated rings. The van der Waals surface area contributed by atoms with E-state index >= 15 is 0 Å². The van der Waals surface area contributed by atoms with Crippen LogP contribution in [0.1, 0.15) is 0 Å². The van der Waals surface area contributed by atoms with E-state index in [1.165, 1.54) is 18.1 Å². The van der Waals surface area contributed by atoms with Gasteiger partial charge in [0.25, 0.3) is 11.0 Å². The highest BCUT2D eigenvalue weighted by atomic mass is 35.5. The summed E-state index contributed by atoms with van der Waals surface area (Å²) < 4.78 is 7.44. The molecule has 0 aliphatic heterocycles. The molecule has 0 atom stereocenters. The van der Waals surface area contributed by atoms with Crippen LogP contribution in [0, 0.1) is 0 Å². The van der Waals surface area contributed by atoms with Crippen molar-refractivity contribution in [2.45, 2.75) is 10.2 Å². The van der Waals surface area contributed by atoms with Crippen LogP contribution >= 0.6 is 23.4 Å². The minimum atomic E-state index is 0.386. The number of hydrogen-bond donors (Lipinski definition) is 0. The van der Waals surface area contributed by atoms with E-state index in [4.69, 9.17) is 16.0 Å². The lowest BCUT2D eigenvalue weighted by Crippen LogP contribution is -1.97. The van der Waals surface area contributed by atoms with Crippen LogP contribution in [-0.4, -0.2) is 29.8 Å². The summed E-state index contributed by atoms with van der Waals surface area (Å²) in [6, 6.07) is 19.1. The largest absolute Gasteiger partial charge is 0.411 e. The van der Waals surface area contributed by atoms with Gasteiger partial charge in [0, 0.05) is 16.1 Å². The fourth-order valence-electron chi connectivity index (χ4n) is 2.69. The molecule has 3 heterocycles. The predicted molar refractivity (Wildman–Crippen MR) is 105 cm³/mol. The first-order chi connectivity index (χ1) is 13.8. The minimum Gasteiger partial charge on any atom is -0.411 e. The van der Waals surface area contributed by atoms with Crippen molar-refractivity contribution >= 4 is 29.1 Å². The molecule has 5 aromatic rings. The highest BCUT2D eigenvalue weighted by molar-refractivity contribution is 7.99. The Morgan fingerprint density at radius 1 is 0.929 bits per heavy atom. The zero-order chi connectivity index (χ0) is 18.9. The van der Waals surface area contributed by atoms with E-state index in [-0.39, 0.29) is 0 Å². The Hall–Kier alpha value is -3.23. The third-order valence-corrected chi connectivity index (χ3v) is 5.03. The van der Waals surface area contributed by atoms with Gasteiger partial charge in [0.2, 0.25) is 5.89 Å². The number of benzene rings is 2. The quantitative estimate of drug-likeness (QED) is 0.402. The van der Waals surface area contributed by atoms with E-state index in [9.17, 15) is 0 Å². The molecule has 28 heavy (non-hydrogen) atoms. The average Bonchev–Trinajstić information content (AvgIpc) is 3.38. The topological polar surface area (TPSA) is 82.0 Å². The summed E-state index contributed by atoms with van der Waals surface area (Å²) in [5.74, 6) is 0.899. The average molecular weight is 407 g/mol. The van der Waals surface area contributed by atoms with Gasteiger partial charge in [0.05, 0.1) is 5.69 Å². The SMILES string of the molecule is Clc1cccc(-c2nnc(Sc3cc(-c4ccccc4)nc4ncnn34)o2)c1. The standard InChI is InChI=1S/C19H11ClN6OS/c20-14-8-4-7-13(9-14)17-24-25-19(27-17)28-16-10-15(12-5-2-1-3-6-12)23-18-21-11-22-26(16)18/h1-11H. The number of fused-ring (bicyclic) bond motifs is 1. The van der Waals surface area contributed by atoms with Crippen LogP contribution in [0.4, 0.5) is 0 Å². The van der Waals surface area contributed by atoms with Crippen molar-refractivity contribution in [3.05, 3.63) is 72.0 Å². The molecule has 0 aliphatic carbocycles. The van der Waals surface area contributed by atoms with Crippen molar-refractivity contribution < 1.29 is 4.42 Å². The highest BCUT2D eigenvalue weighted by Crippen LogP contribution is 2.31. The van der Waals surface area contributed by atoms with Crippen LogP contribution in [-0.2, 0) is 0 Å². The lowest BCUT2D eigenvalue weighted by atomic mass is 10.1. The van der Waals surface area contributed by atoms with Crippen molar-refractivity contribution in [1.82, 2.24) is 29.8 Å². The number of rotatable bonds is 4. The van der Waals surface area contributed by atoms with Gasteiger partial charge in [-0.05, 0) is 36.0 Å². The molecule has 0 amide bonds. The summed E-state index contributed by atoms with van der Waals surface area (Å²) >= 11 is 7.34. The number of hydrogen-bond acceptors (Lipinski definition) is 7. The zero-order valence-corrected chi connectivity index (χ0v) is 15.8. The molecule has 0 aliphatic rings. The summed E-state index contributed by atoms with van der Waals surface area (Å²) in [6.45, 7) is 0. The second kappa shape index (κ2) is 7.06. The van der Waals surface area contributed by atoms with Gasteiger partial charge in [0.1, 0.15) is 11.4 Å². The van der Waals surface area contributed by atoms with E-state index in [1.807, 2.05) is 48.5 Å². The minimum absolute atomic E-state index is 0.386. The van der Waals surface area contributed by atoms with Gasteiger partial charge in [-0.15, -0.1) is 10.2 Å². The first kappa shape index (κ1) is 16.9. The third kappa shape index (κ3) is 3.23. The normalized spacial score (nSPS) is 11.2. The monoisotopic (exact) mass is 406 g/mol. The molecule has 0 N–H and O–H groups in total. The Morgan fingerprint density at radius 2 is 1.79 bits per heavy atom. The van der Waals surface area contributed by atoms with Crippen molar-refractivity contribution in [3.63, 3.8) is 0 Å². The van der Waals surface area contributed by atoms with Gasteiger partial charge in [-0.2, -0.15) is 14.6 Å². The third-order valence-electron chi connectivity index (χ3n) is 3.96. The Labute approximate surface area is 168 Å². The fourth-order valence-corrected chi connectivity index (χ4v) is 3.65. The molecule has 3 aromatic heterocycles. The Morgan fingerprint density at radius 3 is 2.64 bits per heavy atom. The molecule has 0 saturated carbocycles. The van der Waals surface area contributed by atoms with Crippen molar-refractivity contribution in [2.24, 2.45) is 0 Å². The van der Waals surface area contributed by atoms with Crippen LogP contribution in [0.25, 0.3) is 28.5 Å². The van der Waals surface area contributed by atoms with Crippen LogP contribution in [0.2, 0.25) is 5.02 Å². The molecule has 0 radical (unpaired) electrons. The Kier molecular flexibility index (Phi) is 4.27. The molecule has 5 rings (SSSR count). The number of aromatic nitrogens is 6. The van der Waals surface area contributed by atoms with Gasteiger partial charge in [-0.1, -0.05) is 48.0 Å². The second-order valence-corrected chi connectivity index (χ2v) is 7.21. The summed E-state index contributed by atoms with van der Waals surface area (Å²) in [6.07, 6.45) is 1.46. The molecular formula is C19H11ClN6OS. The van der Waals surface area contributed by atoms with Crippen molar-refractivity contribution in [1.29, 1.82) is 0 Å². The molecule has 0 spiro atoms. The van der Waals surface area contributed by atoms with E-state index < -0.39 is 0 Å². The molecule has 0 unspecified atom stereocenters. The van der Waals surface area contributed by atoms with Crippen LogP contribution in [0.15, 0.2) is 81.7 Å². The van der Waals surface area contributed by atoms with Gasteiger partial charge >= 0.3 is 0 Å². The van der Waals surface area contributed by atoms with Crippen molar-refractivity contribution in [2.75, 3.05) is 0 Å². The smallest absolute Gasteiger partial charge is 0.283 e. The van der Waals surface area contributed by atoms with Crippen molar-refractivity contribution in [3.8, 4) is 22.7 Å². The Balaban J connectivity index is 1.53. The molecule has 7 nitrogen and oxygen atoms in total. The molecule has 9 heteroatoms. The van der Waals surface area contributed by atoms with Gasteiger partial charge < -0.3 is 4.42 Å². The fraction of sp³-hybridized carbons (Fsp3) is 0. The highest BCUT2D eigenvalue weighted by Gasteiger charge is 2.15. The van der Waals surface area contributed by atoms with Gasteiger partial charge in [-0.3, -0.25) is 0 Å². The molecular weight excluding hydrogens is 396 g/mol. The zero-order valence-electron chi connectivity index (χ0n) is 14.2. The first-order valence-electron chi connectivity index (χ1n) is 8.30. The van der Waals surface area contributed by atoms with Gasteiger partial charge in [0.15, 0.2) is 0 Å². The summed E-state index contributed by atoms with van der Waals surface area (Å²) in [7, 11) is 0. The summed E-state index contributed by atoms with van der Waals surface area (Å²) in [4.78, 5) is 8.78. The van der Waals surface area contributed by atoms with Gasteiger partial charge in [-0.25, -0.2) is 4.98 Å². The van der Waals surface area contributed by atoms with E-state index in [1.54, 1.807) is 16.6 Å². The molecule has 2 aromatic carbocycles. The molecule has 136 valence electrons. The maximum atomic E-state index is 6.04. The summed E-state index contributed by atoms with van der Waals surface area (Å²) in [5, 5.41) is 14.2. The number of halogens is 1. The Bertz CT molecular complexity index is 1270. The summed E-state index contributed by atoms with van der Waals surface area (Å²) in [5.41, 5.74) is 2.54. The second-order valence-electron chi connectivity index (χ2n) is 5.80. The van der Waals surface area contributed by atoms with Crippen LogP contribution in [0.5, 0.6) is 0 Å². The van der Waals surface area contributed by atoms with Crippen LogP contribution in [0.3, 0.4) is 0 Å². The maximum absolute atomic E-state index is 6.04. The molecule has 0 bridgehead atoms. The van der Waals surface area contributed by atoms with E-state index in [0.29, 0.717) is 21.9 Å². The first-order valence-corrected chi connectivity index (χ1v) is 9.49. The van der Waals surface area contributed by atoms with Crippen LogP contribution < -0.4 is 0 Å². The number of nitrogens with zero attached hydrogens (tertiary/aromatic N) is 6. The molecule has 0 saturated heterocycles. The lowest BCUT2D eigenvalue weighted by molar-refractivity contribution is 0.465.